The number of fused-ring (bicyclic) bond motifs is 4. The predicted molar refractivity (Wildman–Crippen MR) is 86.0 cm³/mol. The molecule has 0 unspecified atom stereocenters. The van der Waals surface area contributed by atoms with Crippen LogP contribution in [0.4, 0.5) is 0 Å². The van der Waals surface area contributed by atoms with Gasteiger partial charge >= 0.3 is 0 Å². The fourth-order valence-corrected chi connectivity index (χ4v) is 3.94. The lowest BCUT2D eigenvalue weighted by Crippen LogP contribution is -2.15. The summed E-state index contributed by atoms with van der Waals surface area (Å²) in [6.45, 7) is 9.23. The lowest BCUT2D eigenvalue weighted by Gasteiger charge is -2.22. The standard InChI is InChI=1S/C20H20/c1-12-9-14-10-17-15-7-5-6-8-18(15)20(3,4)19(17)11-16(14)13(12)2/h5-8,10-11H,9H2,1-4H3. The van der Waals surface area contributed by atoms with Gasteiger partial charge in [-0.05, 0) is 71.4 Å². The second kappa shape index (κ2) is 3.63. The molecule has 0 aliphatic heterocycles. The van der Waals surface area contributed by atoms with E-state index in [0.717, 1.165) is 6.42 Å². The second-order valence-electron chi connectivity index (χ2n) is 6.81. The van der Waals surface area contributed by atoms with E-state index in [4.69, 9.17) is 0 Å². The molecule has 2 aromatic rings. The first-order valence-corrected chi connectivity index (χ1v) is 7.44. The molecule has 4 rings (SSSR count). The molecule has 0 saturated carbocycles. The van der Waals surface area contributed by atoms with E-state index < -0.39 is 0 Å². The summed E-state index contributed by atoms with van der Waals surface area (Å²) in [5.74, 6) is 0. The van der Waals surface area contributed by atoms with Gasteiger partial charge in [0.05, 0.1) is 0 Å². The van der Waals surface area contributed by atoms with E-state index in [1.807, 2.05) is 0 Å². The van der Waals surface area contributed by atoms with Crippen LogP contribution in [0.1, 0.15) is 49.9 Å². The highest BCUT2D eigenvalue weighted by molar-refractivity contribution is 5.86. The van der Waals surface area contributed by atoms with Crippen molar-refractivity contribution in [2.24, 2.45) is 0 Å². The van der Waals surface area contributed by atoms with Crippen molar-refractivity contribution < 1.29 is 0 Å². The number of benzene rings is 2. The Labute approximate surface area is 121 Å². The molecule has 0 fully saturated rings. The van der Waals surface area contributed by atoms with Gasteiger partial charge in [0.15, 0.2) is 0 Å². The lowest BCUT2D eigenvalue weighted by molar-refractivity contribution is 0.660. The van der Waals surface area contributed by atoms with Crippen LogP contribution in [-0.2, 0) is 11.8 Å². The summed E-state index contributed by atoms with van der Waals surface area (Å²) in [4.78, 5) is 0. The summed E-state index contributed by atoms with van der Waals surface area (Å²) >= 11 is 0. The molecule has 0 atom stereocenters. The quantitative estimate of drug-likeness (QED) is 0.599. The topological polar surface area (TPSA) is 0 Å². The number of allylic oxidation sites excluding steroid dienone is 2. The molecule has 0 radical (unpaired) electrons. The molecule has 0 nitrogen and oxygen atoms in total. The number of rotatable bonds is 0. The summed E-state index contributed by atoms with van der Waals surface area (Å²) in [5, 5.41) is 0. The minimum Gasteiger partial charge on any atom is -0.0654 e. The van der Waals surface area contributed by atoms with Crippen LogP contribution in [0.25, 0.3) is 16.7 Å². The summed E-state index contributed by atoms with van der Waals surface area (Å²) in [6.07, 6.45) is 1.12. The predicted octanol–water partition coefficient (Wildman–Crippen LogP) is 5.34. The van der Waals surface area contributed by atoms with Gasteiger partial charge in [-0.2, -0.15) is 0 Å². The van der Waals surface area contributed by atoms with Gasteiger partial charge in [0, 0.05) is 5.41 Å². The van der Waals surface area contributed by atoms with Crippen molar-refractivity contribution in [2.75, 3.05) is 0 Å². The van der Waals surface area contributed by atoms with Gasteiger partial charge in [-0.25, -0.2) is 0 Å². The molecule has 2 aliphatic carbocycles. The van der Waals surface area contributed by atoms with Crippen LogP contribution in [0, 0.1) is 0 Å². The molecule has 0 heterocycles. The molecule has 2 aromatic carbocycles. The molecule has 0 amide bonds. The molecule has 0 N–H and O–H groups in total. The molecule has 100 valence electrons. The zero-order valence-corrected chi connectivity index (χ0v) is 12.7. The van der Waals surface area contributed by atoms with Crippen molar-refractivity contribution in [3.05, 3.63) is 64.2 Å². The van der Waals surface area contributed by atoms with Crippen LogP contribution < -0.4 is 0 Å². The van der Waals surface area contributed by atoms with Crippen LogP contribution in [-0.4, -0.2) is 0 Å². The molecule has 0 saturated heterocycles. The maximum atomic E-state index is 2.45. The fraction of sp³-hybridized carbons (Fsp3) is 0.300. The second-order valence-corrected chi connectivity index (χ2v) is 6.81. The average molecular weight is 260 g/mol. The van der Waals surface area contributed by atoms with Gasteiger partial charge < -0.3 is 0 Å². The van der Waals surface area contributed by atoms with Crippen molar-refractivity contribution in [2.45, 2.75) is 39.5 Å². The van der Waals surface area contributed by atoms with Gasteiger partial charge in [-0.3, -0.25) is 0 Å². The highest BCUT2D eigenvalue weighted by Crippen LogP contribution is 2.50. The Bertz CT molecular complexity index is 773. The molecule has 0 bridgehead atoms. The Kier molecular flexibility index (Phi) is 2.17. The van der Waals surface area contributed by atoms with Crippen LogP contribution >= 0.6 is 0 Å². The first kappa shape index (κ1) is 12.0. The highest BCUT2D eigenvalue weighted by atomic mass is 14.4. The first-order chi connectivity index (χ1) is 9.50. The van der Waals surface area contributed by atoms with E-state index >= 15 is 0 Å². The molecular formula is C20H20. The van der Waals surface area contributed by atoms with Crippen LogP contribution in [0.2, 0.25) is 0 Å². The Morgan fingerprint density at radius 1 is 0.850 bits per heavy atom. The largest absolute Gasteiger partial charge is 0.0654 e. The van der Waals surface area contributed by atoms with E-state index in [0.29, 0.717) is 0 Å². The normalized spacial score (nSPS) is 18.0. The maximum absolute atomic E-state index is 2.45. The number of hydrogen-bond donors (Lipinski definition) is 0. The lowest BCUT2D eigenvalue weighted by atomic mass is 9.81. The molecule has 0 aromatic heterocycles. The number of hydrogen-bond acceptors (Lipinski definition) is 0. The van der Waals surface area contributed by atoms with Gasteiger partial charge in [-0.15, -0.1) is 0 Å². The van der Waals surface area contributed by atoms with Gasteiger partial charge in [-0.1, -0.05) is 43.7 Å². The average Bonchev–Trinajstić information content (AvgIpc) is 2.83. The van der Waals surface area contributed by atoms with Crippen molar-refractivity contribution in [3.8, 4) is 11.1 Å². The first-order valence-electron chi connectivity index (χ1n) is 7.44. The maximum Gasteiger partial charge on any atom is 0.0159 e. The summed E-state index contributed by atoms with van der Waals surface area (Å²) in [6, 6.07) is 13.8. The monoisotopic (exact) mass is 260 g/mol. The highest BCUT2D eigenvalue weighted by Gasteiger charge is 2.36. The SMILES string of the molecule is CC1=C(C)c2cc3c(cc2C1)-c1ccccc1C3(C)C. The summed E-state index contributed by atoms with van der Waals surface area (Å²) in [5.41, 5.74) is 11.9. The zero-order valence-electron chi connectivity index (χ0n) is 12.7. The Balaban J connectivity index is 2.04. The van der Waals surface area contributed by atoms with Gasteiger partial charge in [0.1, 0.15) is 0 Å². The van der Waals surface area contributed by atoms with Crippen molar-refractivity contribution in [1.82, 2.24) is 0 Å². The molecular weight excluding hydrogens is 240 g/mol. The third-order valence-electron chi connectivity index (χ3n) is 5.31. The third-order valence-corrected chi connectivity index (χ3v) is 5.31. The minimum absolute atomic E-state index is 0.123. The molecule has 2 aliphatic rings. The van der Waals surface area contributed by atoms with E-state index in [2.05, 4.69) is 64.1 Å². The molecule has 0 heteroatoms. The molecule has 0 spiro atoms. The minimum atomic E-state index is 0.123. The van der Waals surface area contributed by atoms with Crippen molar-refractivity contribution in [1.29, 1.82) is 0 Å². The van der Waals surface area contributed by atoms with E-state index in [9.17, 15) is 0 Å². The summed E-state index contributed by atoms with van der Waals surface area (Å²) in [7, 11) is 0. The van der Waals surface area contributed by atoms with E-state index in [-0.39, 0.29) is 5.41 Å². The van der Waals surface area contributed by atoms with Crippen molar-refractivity contribution >= 4 is 5.57 Å². The third kappa shape index (κ3) is 1.32. The summed E-state index contributed by atoms with van der Waals surface area (Å²) < 4.78 is 0. The molecule has 20 heavy (non-hydrogen) atoms. The van der Waals surface area contributed by atoms with E-state index in [1.165, 1.54) is 44.5 Å². The van der Waals surface area contributed by atoms with Crippen LogP contribution in [0.3, 0.4) is 0 Å². The Morgan fingerprint density at radius 2 is 1.60 bits per heavy atom. The van der Waals surface area contributed by atoms with Gasteiger partial charge in [0.2, 0.25) is 0 Å². The fourth-order valence-electron chi connectivity index (χ4n) is 3.94. The van der Waals surface area contributed by atoms with Crippen LogP contribution in [0.5, 0.6) is 0 Å². The van der Waals surface area contributed by atoms with Gasteiger partial charge in [0.25, 0.3) is 0 Å². The zero-order chi connectivity index (χ0) is 14.1. The van der Waals surface area contributed by atoms with Crippen LogP contribution in [0.15, 0.2) is 42.0 Å². The smallest absolute Gasteiger partial charge is 0.0159 e. The van der Waals surface area contributed by atoms with Crippen molar-refractivity contribution in [3.63, 3.8) is 0 Å². The van der Waals surface area contributed by atoms with E-state index in [1.54, 1.807) is 0 Å². The Morgan fingerprint density at radius 3 is 2.40 bits per heavy atom. The Hall–Kier alpha value is -1.82.